The molecule has 78 heavy (non-hydrogen) atoms. The number of rotatable bonds is 0. The van der Waals surface area contributed by atoms with Gasteiger partial charge in [0.2, 0.25) is 0 Å². The van der Waals surface area contributed by atoms with E-state index >= 15 is 0 Å². The maximum Gasteiger partial charge on any atom is -0.0590 e. The average Bonchev–Trinajstić information content (AvgIpc) is 3.31. The third-order valence-corrected chi connectivity index (χ3v) is 0. The van der Waals surface area contributed by atoms with Crippen LogP contribution in [0.15, 0.2) is 0 Å². The number of hydrogen-bond acceptors (Lipinski definition) is 0. The summed E-state index contributed by atoms with van der Waals surface area (Å²) in [6.45, 7) is 110. The normalized spacial score (nSPS) is 6.00. The molecule has 0 aromatic carbocycles. The fourth-order valence-corrected chi connectivity index (χ4v) is 0. The van der Waals surface area contributed by atoms with Crippen molar-refractivity contribution in [3.63, 3.8) is 0 Å². The molecule has 0 aliphatic heterocycles. The molecular formula is C78H208. The first-order valence-electron chi connectivity index (χ1n) is 36.8. The summed E-state index contributed by atoms with van der Waals surface area (Å²) in [5, 5.41) is 0. The van der Waals surface area contributed by atoms with Crippen molar-refractivity contribution in [2.45, 2.75) is 527 Å². The van der Waals surface area contributed by atoms with E-state index in [2.05, 4.69) is 360 Å². The highest BCUT2D eigenvalue weighted by atomic mass is 13.5. The molecule has 0 spiro atoms. The first kappa shape index (κ1) is 171. The number of hydrogen-bond donors (Lipinski definition) is 0. The zero-order valence-corrected chi connectivity index (χ0v) is 70.4. The van der Waals surface area contributed by atoms with Crippen LogP contribution in [0.3, 0.4) is 0 Å². The van der Waals surface area contributed by atoms with E-state index in [0.29, 0.717) is 0 Å². The second kappa shape index (κ2) is 658. The van der Waals surface area contributed by atoms with Crippen LogP contribution in [0, 0.1) is 0 Å². The minimum atomic E-state index is 1.25. The summed E-state index contributed by atoms with van der Waals surface area (Å²) < 4.78 is 0. The molecule has 0 bridgehead atoms. The zero-order valence-electron chi connectivity index (χ0n) is 70.4. The Labute approximate surface area is 524 Å². The molecule has 0 fully saturated rings. The summed E-state index contributed by atoms with van der Waals surface area (Å²) in [5.74, 6) is 0. The van der Waals surface area contributed by atoms with E-state index in [4.69, 9.17) is 0 Å². The lowest BCUT2D eigenvalue weighted by Gasteiger charge is -1.48. The molecule has 0 heteroatoms. The molecule has 0 N–H and O–H groups in total. The average molecular weight is 1150 g/mol. The summed E-state index contributed by atoms with van der Waals surface area (Å²) in [4.78, 5) is 0. The lowest BCUT2D eigenvalue weighted by Crippen LogP contribution is -1.27. The molecule has 0 rings (SSSR count). The molecule has 0 aliphatic carbocycles. The monoisotopic (exact) mass is 1150 g/mol. The lowest BCUT2D eigenvalue weighted by molar-refractivity contribution is 1.09. The molecule has 0 unspecified atom stereocenters. The molecule has 0 aliphatic rings. The van der Waals surface area contributed by atoms with E-state index < -0.39 is 0 Å². The molecule has 0 nitrogen and oxygen atoms in total. The summed E-state index contributed by atoms with van der Waals surface area (Å²) in [6.07, 6.45) is 32.5. The third kappa shape index (κ3) is 0. The third-order valence-electron chi connectivity index (χ3n) is 0. The Morgan fingerprint density at radius 1 is 0.0513 bits per heavy atom. The van der Waals surface area contributed by atoms with Crippen molar-refractivity contribution in [2.75, 3.05) is 0 Å². The Hall–Kier alpha value is 0. The Bertz CT molecular complexity index is 122. The van der Waals surface area contributed by atoms with E-state index in [9.17, 15) is 0 Å². The van der Waals surface area contributed by atoms with Crippen molar-refractivity contribution in [3.05, 3.63) is 0 Å². The van der Waals surface area contributed by atoms with Gasteiger partial charge in [-0.2, -0.15) is 0 Å². The topological polar surface area (TPSA) is 0 Å². The second-order valence-electron chi connectivity index (χ2n) is 18.4. The van der Waals surface area contributed by atoms with Crippen LogP contribution in [0.1, 0.15) is 527 Å². The molecule has 0 aromatic rings. The molecule has 0 amide bonds. The Balaban J connectivity index is -0.0000000150. The molecule has 0 saturated carbocycles. The Morgan fingerprint density at radius 2 is 0.0513 bits per heavy atom. The summed E-state index contributed by atoms with van der Waals surface area (Å²) in [7, 11) is 0. The fourth-order valence-electron chi connectivity index (χ4n) is 0. The van der Waals surface area contributed by atoms with Crippen molar-refractivity contribution in [2.24, 2.45) is 0 Å². The van der Waals surface area contributed by atoms with Gasteiger partial charge < -0.3 is 0 Å². The largest absolute Gasteiger partial charge is 0.0656 e. The van der Waals surface area contributed by atoms with E-state index in [1.807, 2.05) is 0 Å². The van der Waals surface area contributed by atoms with Crippen LogP contribution in [-0.2, 0) is 0 Å². The maximum atomic E-state index is 2.12. The fraction of sp³-hybridized carbons (Fsp3) is 1.00. The van der Waals surface area contributed by atoms with Crippen LogP contribution in [-0.4, -0.2) is 0 Å². The molecule has 0 aromatic heterocycles. The summed E-state index contributed by atoms with van der Waals surface area (Å²) in [5.41, 5.74) is 0. The highest BCUT2D eigenvalue weighted by Gasteiger charge is 1.43. The van der Waals surface area contributed by atoms with Crippen molar-refractivity contribution in [3.8, 4) is 0 Å². The van der Waals surface area contributed by atoms with Crippen molar-refractivity contribution >= 4 is 0 Å². The van der Waals surface area contributed by atoms with Crippen LogP contribution >= 0.6 is 0 Å². The zero-order chi connectivity index (χ0) is 70.4. The van der Waals surface area contributed by atoms with Crippen molar-refractivity contribution in [1.29, 1.82) is 0 Å². The van der Waals surface area contributed by atoms with Gasteiger partial charge in [-0.15, -0.1) is 0 Å². The van der Waals surface area contributed by atoms with Crippen LogP contribution in [0.25, 0.3) is 0 Å². The second-order valence-corrected chi connectivity index (χ2v) is 18.4. The van der Waals surface area contributed by atoms with Crippen LogP contribution < -0.4 is 0 Å². The van der Waals surface area contributed by atoms with E-state index in [-0.39, 0.29) is 0 Å². The van der Waals surface area contributed by atoms with Crippen LogP contribution in [0.4, 0.5) is 0 Å². The van der Waals surface area contributed by atoms with Crippen molar-refractivity contribution < 1.29 is 0 Å². The van der Waals surface area contributed by atoms with Crippen molar-refractivity contribution in [1.82, 2.24) is 0 Å². The van der Waals surface area contributed by atoms with Gasteiger partial charge in [-0.3, -0.25) is 0 Å². The van der Waals surface area contributed by atoms with Gasteiger partial charge >= 0.3 is 0 Å². The maximum absolute atomic E-state index is 2.12. The highest BCUT2D eigenvalue weighted by molar-refractivity contribution is 3.99. The Morgan fingerprint density at radius 3 is 0.0513 bits per heavy atom. The summed E-state index contributed by atoms with van der Waals surface area (Å²) >= 11 is 0. The smallest absolute Gasteiger partial charge is 0.0590 e. The minimum absolute atomic E-state index is 1.25. The molecule has 0 radical (unpaired) electrons. The van der Waals surface area contributed by atoms with Crippen LogP contribution in [0.5, 0.6) is 0 Å². The standard InChI is InChI=1S/26C3H8/c26*1-3-2/h26*3H2,1-2H3. The molecular weight excluding hydrogens is 937 g/mol. The van der Waals surface area contributed by atoms with E-state index in [0.717, 1.165) is 0 Å². The van der Waals surface area contributed by atoms with Gasteiger partial charge in [0.1, 0.15) is 0 Å². The molecule has 0 saturated heterocycles. The molecule has 0 atom stereocenters. The van der Waals surface area contributed by atoms with Gasteiger partial charge in [-0.25, -0.2) is 0 Å². The van der Waals surface area contributed by atoms with Crippen LogP contribution in [0.2, 0.25) is 0 Å². The first-order valence-corrected chi connectivity index (χ1v) is 36.8. The van der Waals surface area contributed by atoms with Gasteiger partial charge in [-0.1, -0.05) is 527 Å². The predicted molar refractivity (Wildman–Crippen MR) is 415 cm³/mol. The van der Waals surface area contributed by atoms with Gasteiger partial charge in [0.25, 0.3) is 0 Å². The minimum Gasteiger partial charge on any atom is -0.0656 e. The van der Waals surface area contributed by atoms with Gasteiger partial charge in [0.05, 0.1) is 0 Å². The van der Waals surface area contributed by atoms with Gasteiger partial charge in [0, 0.05) is 0 Å². The molecule has 520 valence electrons. The van der Waals surface area contributed by atoms with Gasteiger partial charge in [0.15, 0.2) is 0 Å². The quantitative estimate of drug-likeness (QED) is 0.227. The van der Waals surface area contributed by atoms with Gasteiger partial charge in [-0.05, 0) is 0 Å². The SMILES string of the molecule is CCC.CCC.CCC.CCC.CCC.CCC.CCC.CCC.CCC.CCC.CCC.CCC.CCC.CCC.CCC.CCC.CCC.CCC.CCC.CCC.CCC.CCC.CCC.CCC.CCC.CCC. The van der Waals surface area contributed by atoms with E-state index in [1.165, 1.54) is 167 Å². The first-order chi connectivity index (χ1) is 36.8. The Kier molecular flexibility index (Phi) is 1440. The highest BCUT2D eigenvalue weighted by Crippen LogP contribution is 1.63. The van der Waals surface area contributed by atoms with E-state index in [1.54, 1.807) is 0 Å². The summed E-state index contributed by atoms with van der Waals surface area (Å²) in [6, 6.07) is 0. The predicted octanol–water partition coefficient (Wildman–Crippen LogP) is 36.8. The molecule has 0 heterocycles. The lowest BCUT2D eigenvalue weighted by atomic mass is 10.6.